The second-order valence-corrected chi connectivity index (χ2v) is 5.06. The Balaban J connectivity index is 2.47. The zero-order valence-electron chi connectivity index (χ0n) is 11.5. The van der Waals surface area contributed by atoms with Crippen LogP contribution in [0.15, 0.2) is 42.5 Å². The number of carbonyl (C=O) groups is 1. The third-order valence-corrected chi connectivity index (χ3v) is 2.67. The second-order valence-electron chi connectivity index (χ2n) is 5.06. The molecule has 2 heteroatoms. The first-order chi connectivity index (χ1) is 8.53. The molecule has 0 amide bonds. The highest BCUT2D eigenvalue weighted by Gasteiger charge is 2.19. The summed E-state index contributed by atoms with van der Waals surface area (Å²) < 4.78 is 4.97. The van der Waals surface area contributed by atoms with Gasteiger partial charge in [-0.25, -0.2) is 0 Å². The number of benzene rings is 1. The molecule has 0 unspecified atom stereocenters. The third kappa shape index (κ3) is 5.67. The largest absolute Gasteiger partial charge is 0.466 e. The molecule has 0 aromatic heterocycles. The molecule has 0 aliphatic carbocycles. The maximum absolute atomic E-state index is 11.4. The van der Waals surface area contributed by atoms with Gasteiger partial charge < -0.3 is 4.74 Å². The van der Waals surface area contributed by atoms with Crippen molar-refractivity contribution in [1.29, 1.82) is 0 Å². The first kappa shape index (κ1) is 14.5. The summed E-state index contributed by atoms with van der Waals surface area (Å²) in [7, 11) is 0. The molecule has 0 heterocycles. The van der Waals surface area contributed by atoms with Gasteiger partial charge in [0.2, 0.25) is 0 Å². The SMILES string of the molecule is CCOC(=O)CC(C)(C)/C=C/Cc1ccccc1. The quantitative estimate of drug-likeness (QED) is 0.564. The Morgan fingerprint density at radius 1 is 1.28 bits per heavy atom. The van der Waals surface area contributed by atoms with Crippen LogP contribution in [0.1, 0.15) is 32.8 Å². The number of allylic oxidation sites excluding steroid dienone is 2. The molecule has 0 saturated heterocycles. The summed E-state index contributed by atoms with van der Waals surface area (Å²) in [5.41, 5.74) is 1.13. The van der Waals surface area contributed by atoms with Crippen LogP contribution in [0.3, 0.4) is 0 Å². The minimum atomic E-state index is -0.152. The Bertz CT molecular complexity index is 391. The Kier molecular flexibility index (Phi) is 5.63. The molecule has 1 aromatic carbocycles. The van der Waals surface area contributed by atoms with E-state index in [2.05, 4.69) is 24.3 Å². The summed E-state index contributed by atoms with van der Waals surface area (Å²) in [6, 6.07) is 10.3. The number of hydrogen-bond donors (Lipinski definition) is 0. The molecule has 0 bridgehead atoms. The van der Waals surface area contributed by atoms with Crippen molar-refractivity contribution in [3.8, 4) is 0 Å². The Hall–Kier alpha value is -1.57. The van der Waals surface area contributed by atoms with E-state index in [1.54, 1.807) is 0 Å². The van der Waals surface area contributed by atoms with Crippen LogP contribution in [0, 0.1) is 5.41 Å². The molecule has 0 fully saturated rings. The van der Waals surface area contributed by atoms with E-state index in [1.807, 2.05) is 39.0 Å². The van der Waals surface area contributed by atoms with Crippen molar-refractivity contribution >= 4 is 5.97 Å². The van der Waals surface area contributed by atoms with Crippen molar-refractivity contribution in [3.05, 3.63) is 48.0 Å². The molecule has 1 aromatic rings. The average molecular weight is 246 g/mol. The molecule has 0 N–H and O–H groups in total. The number of esters is 1. The summed E-state index contributed by atoms with van der Waals surface area (Å²) in [5, 5.41) is 0. The number of ether oxygens (including phenoxy) is 1. The van der Waals surface area contributed by atoms with Gasteiger partial charge >= 0.3 is 5.97 Å². The van der Waals surface area contributed by atoms with E-state index in [0.29, 0.717) is 13.0 Å². The molecule has 2 nitrogen and oxygen atoms in total. The van der Waals surface area contributed by atoms with Crippen molar-refractivity contribution in [1.82, 2.24) is 0 Å². The van der Waals surface area contributed by atoms with Gasteiger partial charge in [-0.05, 0) is 24.3 Å². The van der Waals surface area contributed by atoms with E-state index in [9.17, 15) is 4.79 Å². The maximum Gasteiger partial charge on any atom is 0.306 e. The van der Waals surface area contributed by atoms with Gasteiger partial charge in [0.25, 0.3) is 0 Å². The highest BCUT2D eigenvalue weighted by Crippen LogP contribution is 2.23. The van der Waals surface area contributed by atoms with Crippen LogP contribution in [0.25, 0.3) is 0 Å². The van der Waals surface area contributed by atoms with Gasteiger partial charge in [-0.2, -0.15) is 0 Å². The van der Waals surface area contributed by atoms with Crippen molar-refractivity contribution in [2.24, 2.45) is 5.41 Å². The number of hydrogen-bond acceptors (Lipinski definition) is 2. The Labute approximate surface area is 110 Å². The van der Waals surface area contributed by atoms with E-state index < -0.39 is 0 Å². The lowest BCUT2D eigenvalue weighted by Crippen LogP contribution is -2.16. The molecule has 98 valence electrons. The molecule has 0 atom stereocenters. The molecule has 0 aliphatic rings. The van der Waals surface area contributed by atoms with E-state index in [-0.39, 0.29) is 11.4 Å². The monoisotopic (exact) mass is 246 g/mol. The Morgan fingerprint density at radius 2 is 1.94 bits per heavy atom. The van der Waals surface area contributed by atoms with Crippen molar-refractivity contribution in [2.45, 2.75) is 33.6 Å². The molecular formula is C16H22O2. The van der Waals surface area contributed by atoms with Crippen LogP contribution < -0.4 is 0 Å². The summed E-state index contributed by atoms with van der Waals surface area (Å²) >= 11 is 0. The van der Waals surface area contributed by atoms with Gasteiger partial charge in [0.15, 0.2) is 0 Å². The molecular weight excluding hydrogens is 224 g/mol. The number of rotatable bonds is 6. The predicted molar refractivity (Wildman–Crippen MR) is 74.3 cm³/mol. The summed E-state index contributed by atoms with van der Waals surface area (Å²) in [5.74, 6) is -0.133. The fourth-order valence-corrected chi connectivity index (χ4v) is 1.77. The third-order valence-electron chi connectivity index (χ3n) is 2.67. The van der Waals surface area contributed by atoms with Crippen molar-refractivity contribution in [3.63, 3.8) is 0 Å². The predicted octanol–water partition coefficient (Wildman–Crippen LogP) is 3.76. The summed E-state index contributed by atoms with van der Waals surface area (Å²) in [6.07, 6.45) is 5.53. The zero-order chi connectivity index (χ0) is 13.4. The van der Waals surface area contributed by atoms with Crippen LogP contribution in [-0.2, 0) is 16.0 Å². The van der Waals surface area contributed by atoms with Crippen molar-refractivity contribution < 1.29 is 9.53 Å². The second kappa shape index (κ2) is 7.00. The number of carbonyl (C=O) groups excluding carboxylic acids is 1. The standard InChI is InChI=1S/C16H22O2/c1-4-18-15(17)13-16(2,3)12-8-11-14-9-6-5-7-10-14/h5-10,12H,4,11,13H2,1-3H3/b12-8+. The van der Waals surface area contributed by atoms with E-state index in [4.69, 9.17) is 4.74 Å². The van der Waals surface area contributed by atoms with Gasteiger partial charge in [-0.3, -0.25) is 4.79 Å². The molecule has 0 aliphatic heterocycles. The van der Waals surface area contributed by atoms with Crippen LogP contribution in [-0.4, -0.2) is 12.6 Å². The lowest BCUT2D eigenvalue weighted by atomic mass is 9.88. The lowest BCUT2D eigenvalue weighted by Gasteiger charge is -2.18. The van der Waals surface area contributed by atoms with Crippen LogP contribution in [0.4, 0.5) is 0 Å². The first-order valence-electron chi connectivity index (χ1n) is 6.41. The van der Waals surface area contributed by atoms with Crippen LogP contribution in [0.5, 0.6) is 0 Å². The van der Waals surface area contributed by atoms with E-state index >= 15 is 0 Å². The van der Waals surface area contributed by atoms with Gasteiger partial charge in [0.05, 0.1) is 13.0 Å². The maximum atomic E-state index is 11.4. The van der Waals surface area contributed by atoms with Crippen LogP contribution >= 0.6 is 0 Å². The minimum Gasteiger partial charge on any atom is -0.466 e. The fourth-order valence-electron chi connectivity index (χ4n) is 1.77. The molecule has 0 saturated carbocycles. The van der Waals surface area contributed by atoms with Gasteiger partial charge in [0.1, 0.15) is 0 Å². The fraction of sp³-hybridized carbons (Fsp3) is 0.438. The minimum absolute atomic E-state index is 0.133. The highest BCUT2D eigenvalue weighted by atomic mass is 16.5. The molecule has 1 rings (SSSR count). The van der Waals surface area contributed by atoms with Crippen molar-refractivity contribution in [2.75, 3.05) is 6.61 Å². The topological polar surface area (TPSA) is 26.3 Å². The smallest absolute Gasteiger partial charge is 0.306 e. The Morgan fingerprint density at radius 3 is 2.56 bits per heavy atom. The summed E-state index contributed by atoms with van der Waals surface area (Å²) in [4.78, 5) is 11.4. The average Bonchev–Trinajstić information content (AvgIpc) is 2.29. The zero-order valence-corrected chi connectivity index (χ0v) is 11.5. The normalized spacial score (nSPS) is 11.7. The summed E-state index contributed by atoms with van der Waals surface area (Å²) in [6.45, 7) is 6.37. The lowest BCUT2D eigenvalue weighted by molar-refractivity contribution is -0.144. The van der Waals surface area contributed by atoms with Gasteiger partial charge in [-0.1, -0.05) is 56.3 Å². The first-order valence-corrected chi connectivity index (χ1v) is 6.41. The molecule has 0 spiro atoms. The van der Waals surface area contributed by atoms with Crippen LogP contribution in [0.2, 0.25) is 0 Å². The molecule has 0 radical (unpaired) electrons. The van der Waals surface area contributed by atoms with Gasteiger partial charge in [0, 0.05) is 0 Å². The molecule has 18 heavy (non-hydrogen) atoms. The van der Waals surface area contributed by atoms with E-state index in [1.165, 1.54) is 5.56 Å². The van der Waals surface area contributed by atoms with Gasteiger partial charge in [-0.15, -0.1) is 0 Å². The highest BCUT2D eigenvalue weighted by molar-refractivity contribution is 5.70. The van der Waals surface area contributed by atoms with E-state index in [0.717, 1.165) is 6.42 Å².